The Balaban J connectivity index is 1.60. The highest BCUT2D eigenvalue weighted by Crippen LogP contribution is 2.38. The Kier molecular flexibility index (Phi) is 5.71. The Morgan fingerprint density at radius 3 is 2.58 bits per heavy atom. The zero-order valence-electron chi connectivity index (χ0n) is 15.0. The standard InChI is InChI=1S/C19H23ClN2O4/c1-21(2)19(24)14-5-7-22(8-6-14)17(23)4-3-13-11-15(20)18-16(12-13)25-9-10-26-18/h3-4,11-12,14H,5-10H2,1-2H3/b4-3+. The van der Waals surface area contributed by atoms with E-state index < -0.39 is 0 Å². The summed E-state index contributed by atoms with van der Waals surface area (Å²) in [5.74, 6) is 1.23. The van der Waals surface area contributed by atoms with E-state index in [0.717, 1.165) is 5.56 Å². The minimum atomic E-state index is -0.0632. The van der Waals surface area contributed by atoms with Gasteiger partial charge in [-0.25, -0.2) is 0 Å². The molecule has 26 heavy (non-hydrogen) atoms. The first-order valence-corrected chi connectivity index (χ1v) is 9.11. The Labute approximate surface area is 158 Å². The smallest absolute Gasteiger partial charge is 0.246 e. The number of ether oxygens (including phenoxy) is 2. The number of hydrogen-bond donors (Lipinski definition) is 0. The summed E-state index contributed by atoms with van der Waals surface area (Å²) in [4.78, 5) is 27.8. The molecule has 0 saturated carbocycles. The molecule has 7 heteroatoms. The molecule has 2 aliphatic rings. The number of fused-ring (bicyclic) bond motifs is 1. The summed E-state index contributed by atoms with van der Waals surface area (Å²) in [5, 5.41) is 0.470. The number of hydrogen-bond acceptors (Lipinski definition) is 4. The van der Waals surface area contributed by atoms with E-state index in [4.69, 9.17) is 21.1 Å². The second-order valence-corrected chi connectivity index (χ2v) is 7.10. The van der Waals surface area contributed by atoms with Crippen LogP contribution in [0.3, 0.4) is 0 Å². The van der Waals surface area contributed by atoms with Crippen LogP contribution >= 0.6 is 11.6 Å². The molecule has 3 rings (SSSR count). The van der Waals surface area contributed by atoms with Gasteiger partial charge in [0.2, 0.25) is 11.8 Å². The molecule has 1 fully saturated rings. The third-order valence-corrected chi connectivity index (χ3v) is 4.91. The average molecular weight is 379 g/mol. The zero-order chi connectivity index (χ0) is 18.7. The zero-order valence-corrected chi connectivity index (χ0v) is 15.8. The first kappa shape index (κ1) is 18.6. The van der Waals surface area contributed by atoms with Gasteiger partial charge in [0.15, 0.2) is 11.5 Å². The van der Waals surface area contributed by atoms with E-state index in [1.165, 1.54) is 6.08 Å². The molecule has 0 aliphatic carbocycles. The number of likely N-dealkylation sites (tertiary alicyclic amines) is 1. The molecule has 0 unspecified atom stereocenters. The van der Waals surface area contributed by atoms with Crippen molar-refractivity contribution in [1.29, 1.82) is 0 Å². The van der Waals surface area contributed by atoms with E-state index in [2.05, 4.69) is 0 Å². The first-order valence-electron chi connectivity index (χ1n) is 8.73. The van der Waals surface area contributed by atoms with Crippen molar-refractivity contribution in [1.82, 2.24) is 9.80 Å². The van der Waals surface area contributed by atoms with Crippen molar-refractivity contribution in [2.45, 2.75) is 12.8 Å². The van der Waals surface area contributed by atoms with Crippen LogP contribution in [0.4, 0.5) is 0 Å². The van der Waals surface area contributed by atoms with E-state index in [0.29, 0.717) is 55.7 Å². The number of halogens is 1. The average Bonchev–Trinajstić information content (AvgIpc) is 2.65. The van der Waals surface area contributed by atoms with Crippen molar-refractivity contribution in [3.8, 4) is 11.5 Å². The molecule has 2 amide bonds. The molecule has 140 valence electrons. The summed E-state index contributed by atoms with van der Waals surface area (Å²) in [7, 11) is 3.53. The third-order valence-electron chi connectivity index (χ3n) is 4.63. The van der Waals surface area contributed by atoms with Crippen molar-refractivity contribution in [3.05, 3.63) is 28.8 Å². The highest BCUT2D eigenvalue weighted by atomic mass is 35.5. The quantitative estimate of drug-likeness (QED) is 0.758. The van der Waals surface area contributed by atoms with Gasteiger partial charge in [-0.1, -0.05) is 11.6 Å². The lowest BCUT2D eigenvalue weighted by Gasteiger charge is -2.31. The van der Waals surface area contributed by atoms with E-state index in [-0.39, 0.29) is 17.7 Å². The van der Waals surface area contributed by atoms with Crippen LogP contribution in [0.15, 0.2) is 18.2 Å². The third kappa shape index (κ3) is 4.12. The number of carbonyl (C=O) groups is 2. The van der Waals surface area contributed by atoms with Gasteiger partial charge in [-0.05, 0) is 36.6 Å². The molecule has 6 nitrogen and oxygen atoms in total. The van der Waals surface area contributed by atoms with Gasteiger partial charge in [-0.3, -0.25) is 9.59 Å². The fourth-order valence-electron chi connectivity index (χ4n) is 3.21. The molecule has 0 bridgehead atoms. The highest BCUT2D eigenvalue weighted by Gasteiger charge is 2.27. The van der Waals surface area contributed by atoms with E-state index in [1.54, 1.807) is 36.0 Å². The molecule has 0 atom stereocenters. The van der Waals surface area contributed by atoms with Crippen LogP contribution in [-0.2, 0) is 9.59 Å². The largest absolute Gasteiger partial charge is 0.486 e. The minimum absolute atomic E-state index is 0.00892. The van der Waals surface area contributed by atoms with Gasteiger partial charge in [0.1, 0.15) is 13.2 Å². The van der Waals surface area contributed by atoms with Crippen LogP contribution in [0.25, 0.3) is 6.08 Å². The van der Waals surface area contributed by atoms with Crippen molar-refractivity contribution >= 4 is 29.5 Å². The number of piperidine rings is 1. The molecule has 0 N–H and O–H groups in total. The van der Waals surface area contributed by atoms with Gasteiger partial charge >= 0.3 is 0 Å². The molecule has 0 spiro atoms. The van der Waals surface area contributed by atoms with Crippen LogP contribution in [0, 0.1) is 5.92 Å². The van der Waals surface area contributed by atoms with Gasteiger partial charge in [-0.15, -0.1) is 0 Å². The molecule has 2 heterocycles. The van der Waals surface area contributed by atoms with Crippen molar-refractivity contribution < 1.29 is 19.1 Å². The van der Waals surface area contributed by atoms with Crippen LogP contribution in [-0.4, -0.2) is 62.0 Å². The van der Waals surface area contributed by atoms with E-state index >= 15 is 0 Å². The fraction of sp³-hybridized carbons (Fsp3) is 0.474. The first-order chi connectivity index (χ1) is 12.5. The normalized spacial score (nSPS) is 17.4. The van der Waals surface area contributed by atoms with Gasteiger partial charge < -0.3 is 19.3 Å². The molecular formula is C19H23ClN2O4. The molecular weight excluding hydrogens is 356 g/mol. The van der Waals surface area contributed by atoms with Gasteiger partial charge in [0.05, 0.1) is 5.02 Å². The van der Waals surface area contributed by atoms with Crippen LogP contribution in [0.1, 0.15) is 18.4 Å². The topological polar surface area (TPSA) is 59.1 Å². The molecule has 0 aromatic heterocycles. The van der Waals surface area contributed by atoms with Crippen molar-refractivity contribution in [2.24, 2.45) is 5.92 Å². The molecule has 1 aromatic carbocycles. The SMILES string of the molecule is CN(C)C(=O)C1CCN(C(=O)/C=C/c2cc(Cl)c3c(c2)OCCO3)CC1. The molecule has 1 saturated heterocycles. The second kappa shape index (κ2) is 7.99. The van der Waals surface area contributed by atoms with Crippen LogP contribution in [0.5, 0.6) is 11.5 Å². The number of rotatable bonds is 3. The molecule has 1 aromatic rings. The Hall–Kier alpha value is -2.21. The van der Waals surface area contributed by atoms with Gasteiger partial charge in [-0.2, -0.15) is 0 Å². The number of carbonyl (C=O) groups excluding carboxylic acids is 2. The van der Waals surface area contributed by atoms with E-state index in [1.807, 2.05) is 6.07 Å². The summed E-state index contributed by atoms with van der Waals surface area (Å²) < 4.78 is 11.0. The number of nitrogens with zero attached hydrogens (tertiary/aromatic N) is 2. The summed E-state index contributed by atoms with van der Waals surface area (Å²) in [6, 6.07) is 3.56. The van der Waals surface area contributed by atoms with Crippen molar-refractivity contribution in [3.63, 3.8) is 0 Å². The fourth-order valence-corrected chi connectivity index (χ4v) is 3.49. The Bertz CT molecular complexity index is 724. The van der Waals surface area contributed by atoms with Crippen LogP contribution < -0.4 is 9.47 Å². The Morgan fingerprint density at radius 1 is 1.19 bits per heavy atom. The Morgan fingerprint density at radius 2 is 1.88 bits per heavy atom. The number of benzene rings is 1. The summed E-state index contributed by atoms with van der Waals surface area (Å²) >= 11 is 6.21. The lowest BCUT2D eigenvalue weighted by atomic mass is 9.95. The van der Waals surface area contributed by atoms with Gasteiger partial charge in [0.25, 0.3) is 0 Å². The maximum absolute atomic E-state index is 12.4. The van der Waals surface area contributed by atoms with Crippen molar-refractivity contribution in [2.75, 3.05) is 40.4 Å². The van der Waals surface area contributed by atoms with E-state index in [9.17, 15) is 9.59 Å². The molecule has 0 radical (unpaired) electrons. The highest BCUT2D eigenvalue weighted by molar-refractivity contribution is 6.32. The second-order valence-electron chi connectivity index (χ2n) is 6.69. The summed E-state index contributed by atoms with van der Waals surface area (Å²) in [6.07, 6.45) is 4.66. The monoisotopic (exact) mass is 378 g/mol. The lowest BCUT2D eigenvalue weighted by Crippen LogP contribution is -2.42. The van der Waals surface area contributed by atoms with Crippen LogP contribution in [0.2, 0.25) is 5.02 Å². The summed E-state index contributed by atoms with van der Waals surface area (Å²) in [6.45, 7) is 2.15. The van der Waals surface area contributed by atoms with Gasteiger partial charge in [0, 0.05) is 39.2 Å². The molecule has 2 aliphatic heterocycles. The minimum Gasteiger partial charge on any atom is -0.486 e. The maximum Gasteiger partial charge on any atom is 0.246 e. The number of amides is 2. The lowest BCUT2D eigenvalue weighted by molar-refractivity contribution is -0.137. The predicted molar refractivity (Wildman–Crippen MR) is 99.5 cm³/mol. The summed E-state index contributed by atoms with van der Waals surface area (Å²) in [5.41, 5.74) is 0.783. The maximum atomic E-state index is 12.4. The predicted octanol–water partition coefficient (Wildman–Crippen LogP) is 2.45.